The van der Waals surface area contributed by atoms with E-state index in [-0.39, 0.29) is 11.5 Å². The number of nitrogens with one attached hydrogen (secondary N) is 1. The number of carbonyl (C=O) groups excluding carboxylic acids is 1. The lowest BCUT2D eigenvalue weighted by Gasteiger charge is -2.07. The van der Waals surface area contributed by atoms with Gasteiger partial charge >= 0.3 is 0 Å². The van der Waals surface area contributed by atoms with Crippen molar-refractivity contribution < 1.29 is 4.79 Å². The van der Waals surface area contributed by atoms with Crippen LogP contribution in [0.1, 0.15) is 10.4 Å². The highest BCUT2D eigenvalue weighted by Gasteiger charge is 2.17. The second-order valence-electron chi connectivity index (χ2n) is 5.91. The van der Waals surface area contributed by atoms with Gasteiger partial charge in [0.2, 0.25) is 0 Å². The third kappa shape index (κ3) is 3.41. The number of aromatic nitrogens is 5. The van der Waals surface area contributed by atoms with Gasteiger partial charge in [0, 0.05) is 47.2 Å². The molecule has 0 radical (unpaired) electrons. The summed E-state index contributed by atoms with van der Waals surface area (Å²) in [5.41, 5.74) is 2.53. The van der Waals surface area contributed by atoms with Gasteiger partial charge in [0.05, 0.1) is 5.75 Å². The summed E-state index contributed by atoms with van der Waals surface area (Å²) in [6.07, 6.45) is 7.01. The molecule has 7 heteroatoms. The molecule has 134 valence electrons. The summed E-state index contributed by atoms with van der Waals surface area (Å²) >= 11 is 1.38. The number of rotatable bonds is 7. The van der Waals surface area contributed by atoms with Gasteiger partial charge in [-0.3, -0.25) is 14.3 Å². The summed E-state index contributed by atoms with van der Waals surface area (Å²) in [7, 11) is 0. The highest BCUT2D eigenvalue weighted by Crippen LogP contribution is 2.25. The highest BCUT2D eigenvalue weighted by atomic mass is 32.2. The van der Waals surface area contributed by atoms with E-state index in [1.807, 2.05) is 41.0 Å². The predicted molar refractivity (Wildman–Crippen MR) is 107 cm³/mol. The molecule has 4 aromatic rings. The maximum absolute atomic E-state index is 12.7. The van der Waals surface area contributed by atoms with Gasteiger partial charge < -0.3 is 4.98 Å². The van der Waals surface area contributed by atoms with Crippen molar-refractivity contribution in [3.05, 3.63) is 73.2 Å². The first-order valence-electron chi connectivity index (χ1n) is 8.44. The van der Waals surface area contributed by atoms with E-state index in [2.05, 4.69) is 26.7 Å². The molecule has 6 nitrogen and oxygen atoms in total. The number of para-hydroxylation sites is 1. The third-order valence-corrected chi connectivity index (χ3v) is 5.14. The average Bonchev–Trinajstić information content (AvgIpc) is 3.31. The molecule has 0 aliphatic rings. The third-order valence-electron chi connectivity index (χ3n) is 4.17. The van der Waals surface area contributed by atoms with E-state index < -0.39 is 0 Å². The van der Waals surface area contributed by atoms with Crippen molar-refractivity contribution in [3.8, 4) is 11.4 Å². The van der Waals surface area contributed by atoms with Crippen LogP contribution in [0.3, 0.4) is 0 Å². The lowest BCUT2D eigenvalue weighted by Crippen LogP contribution is -2.05. The molecule has 0 amide bonds. The number of benzene rings is 1. The number of nitrogens with zero attached hydrogens (tertiary/aromatic N) is 4. The van der Waals surface area contributed by atoms with Crippen molar-refractivity contribution in [2.45, 2.75) is 11.7 Å². The average molecular weight is 375 g/mol. The molecule has 0 unspecified atom stereocenters. The van der Waals surface area contributed by atoms with Crippen LogP contribution < -0.4 is 0 Å². The molecule has 0 fully saturated rings. The minimum atomic E-state index is 0.0496. The summed E-state index contributed by atoms with van der Waals surface area (Å²) in [4.78, 5) is 20.0. The highest BCUT2D eigenvalue weighted by molar-refractivity contribution is 7.99. The molecular weight excluding hydrogens is 358 g/mol. The van der Waals surface area contributed by atoms with E-state index in [1.165, 1.54) is 11.8 Å². The molecule has 3 heterocycles. The van der Waals surface area contributed by atoms with Crippen molar-refractivity contribution >= 4 is 28.4 Å². The quantitative estimate of drug-likeness (QED) is 0.300. The Morgan fingerprint density at radius 3 is 2.93 bits per heavy atom. The van der Waals surface area contributed by atoms with Crippen LogP contribution in [0.4, 0.5) is 0 Å². The number of carbonyl (C=O) groups is 1. The van der Waals surface area contributed by atoms with Crippen molar-refractivity contribution in [2.24, 2.45) is 0 Å². The maximum atomic E-state index is 12.7. The first-order valence-corrected chi connectivity index (χ1v) is 9.43. The maximum Gasteiger partial charge on any atom is 0.192 e. The van der Waals surface area contributed by atoms with Gasteiger partial charge in [0.15, 0.2) is 16.8 Å². The van der Waals surface area contributed by atoms with Gasteiger partial charge in [0.1, 0.15) is 0 Å². The first-order chi connectivity index (χ1) is 13.3. The van der Waals surface area contributed by atoms with E-state index in [0.29, 0.717) is 23.1 Å². The van der Waals surface area contributed by atoms with Crippen LogP contribution in [-0.2, 0) is 6.54 Å². The SMILES string of the molecule is C=CCn1c(SCC(=O)c2c[nH]c3ccccc23)nnc1-c1cccnc1. The molecule has 27 heavy (non-hydrogen) atoms. The fourth-order valence-corrected chi connectivity index (χ4v) is 3.74. The number of allylic oxidation sites excluding steroid dienone is 1. The number of Topliss-reactive ketones (excluding diaryl/α,β-unsaturated/α-hetero) is 1. The minimum absolute atomic E-state index is 0.0496. The first kappa shape index (κ1) is 17.2. The molecule has 0 atom stereocenters. The van der Waals surface area contributed by atoms with E-state index in [4.69, 9.17) is 0 Å². The smallest absolute Gasteiger partial charge is 0.192 e. The number of ketones is 1. The summed E-state index contributed by atoms with van der Waals surface area (Å²) in [6, 6.07) is 11.6. The number of H-pyrrole nitrogens is 1. The van der Waals surface area contributed by atoms with Crippen molar-refractivity contribution in [1.29, 1.82) is 0 Å². The van der Waals surface area contributed by atoms with E-state index in [1.54, 1.807) is 24.7 Å². The van der Waals surface area contributed by atoms with Gasteiger partial charge in [-0.2, -0.15) is 0 Å². The lowest BCUT2D eigenvalue weighted by molar-refractivity contribution is 0.102. The zero-order valence-electron chi connectivity index (χ0n) is 14.5. The number of hydrogen-bond donors (Lipinski definition) is 1. The molecule has 0 saturated carbocycles. The Hall–Kier alpha value is -3.19. The van der Waals surface area contributed by atoms with Gasteiger partial charge in [-0.05, 0) is 18.2 Å². The Labute approximate surface area is 160 Å². The fraction of sp³-hybridized carbons (Fsp3) is 0.100. The summed E-state index contributed by atoms with van der Waals surface area (Å²) in [6.45, 7) is 4.37. The van der Waals surface area contributed by atoms with Gasteiger partial charge in [-0.1, -0.05) is 36.0 Å². The molecule has 0 aliphatic heterocycles. The summed E-state index contributed by atoms with van der Waals surface area (Å²) in [5.74, 6) is 1.04. The number of pyridine rings is 1. The zero-order chi connectivity index (χ0) is 18.6. The van der Waals surface area contributed by atoms with Crippen LogP contribution in [0.2, 0.25) is 0 Å². The normalized spacial score (nSPS) is 11.0. The number of fused-ring (bicyclic) bond motifs is 1. The molecule has 0 aliphatic carbocycles. The largest absolute Gasteiger partial charge is 0.360 e. The Morgan fingerprint density at radius 2 is 2.11 bits per heavy atom. The standard InChI is InChI=1S/C20H17N5OS/c1-2-10-25-19(14-6-5-9-21-11-14)23-24-20(25)27-13-18(26)16-12-22-17-8-4-3-7-15(16)17/h2-9,11-12,22H,1,10,13H2. The van der Waals surface area contributed by atoms with Crippen LogP contribution in [0, 0.1) is 0 Å². The number of thioether (sulfide) groups is 1. The van der Waals surface area contributed by atoms with Gasteiger partial charge in [-0.25, -0.2) is 0 Å². The molecule has 4 rings (SSSR count). The fourth-order valence-electron chi connectivity index (χ4n) is 2.91. The molecule has 3 aromatic heterocycles. The Bertz CT molecular complexity index is 1100. The summed E-state index contributed by atoms with van der Waals surface area (Å²) < 4.78 is 1.94. The van der Waals surface area contributed by atoms with E-state index in [9.17, 15) is 4.79 Å². The predicted octanol–water partition coefficient (Wildman–Crippen LogP) is 3.98. The van der Waals surface area contributed by atoms with Crippen molar-refractivity contribution in [3.63, 3.8) is 0 Å². The van der Waals surface area contributed by atoms with Gasteiger partial charge in [-0.15, -0.1) is 16.8 Å². The monoisotopic (exact) mass is 375 g/mol. The minimum Gasteiger partial charge on any atom is -0.360 e. The second kappa shape index (κ2) is 7.59. The second-order valence-corrected chi connectivity index (χ2v) is 6.85. The van der Waals surface area contributed by atoms with Gasteiger partial charge in [0.25, 0.3) is 0 Å². The van der Waals surface area contributed by atoms with Crippen LogP contribution >= 0.6 is 11.8 Å². The van der Waals surface area contributed by atoms with Crippen molar-refractivity contribution in [2.75, 3.05) is 5.75 Å². The summed E-state index contributed by atoms with van der Waals surface area (Å²) in [5, 5.41) is 10.2. The number of aromatic amines is 1. The molecule has 0 bridgehead atoms. The Kier molecular flexibility index (Phi) is 4.84. The van der Waals surface area contributed by atoms with Crippen LogP contribution in [-0.4, -0.2) is 36.3 Å². The van der Waals surface area contributed by atoms with E-state index in [0.717, 1.165) is 16.5 Å². The molecule has 1 aromatic carbocycles. The zero-order valence-corrected chi connectivity index (χ0v) is 15.3. The van der Waals surface area contributed by atoms with Crippen LogP contribution in [0.15, 0.2) is 72.8 Å². The van der Waals surface area contributed by atoms with Crippen molar-refractivity contribution in [1.82, 2.24) is 24.7 Å². The van der Waals surface area contributed by atoms with Crippen LogP contribution in [0.5, 0.6) is 0 Å². The topological polar surface area (TPSA) is 76.5 Å². The van der Waals surface area contributed by atoms with E-state index >= 15 is 0 Å². The molecule has 1 N–H and O–H groups in total. The van der Waals surface area contributed by atoms with Crippen LogP contribution in [0.25, 0.3) is 22.3 Å². The molecule has 0 spiro atoms. The Morgan fingerprint density at radius 1 is 1.22 bits per heavy atom. The Balaban J connectivity index is 1.57. The lowest BCUT2D eigenvalue weighted by atomic mass is 10.1. The molecule has 0 saturated heterocycles. The molecular formula is C20H17N5OS. The number of hydrogen-bond acceptors (Lipinski definition) is 5.